The molecule has 0 spiro atoms. The Morgan fingerprint density at radius 2 is 2.08 bits per heavy atom. The van der Waals surface area contributed by atoms with Crippen molar-refractivity contribution in [2.24, 2.45) is 11.7 Å². The Labute approximate surface area is 228 Å². The van der Waals surface area contributed by atoms with Gasteiger partial charge in [0.05, 0.1) is 0 Å². The lowest BCUT2D eigenvalue weighted by atomic mass is 9.90. The Morgan fingerprint density at radius 1 is 1.26 bits per heavy atom. The number of nitrogens with two attached hydrogens (primary N) is 1. The topological polar surface area (TPSA) is 122 Å². The molecule has 0 saturated carbocycles. The van der Waals surface area contributed by atoms with Gasteiger partial charge >= 0.3 is 4.87 Å². The second kappa shape index (κ2) is 15.9. The first-order valence-electron chi connectivity index (χ1n) is 13.1. The fourth-order valence-electron chi connectivity index (χ4n) is 4.55. The molecule has 0 amide bonds. The molecule has 2 atom stereocenters. The van der Waals surface area contributed by atoms with Gasteiger partial charge in [-0.1, -0.05) is 35.6 Å². The smallest absolute Gasteiger partial charge is 0.322 e. The van der Waals surface area contributed by atoms with Crippen molar-refractivity contribution in [1.29, 1.82) is 0 Å². The van der Waals surface area contributed by atoms with Gasteiger partial charge in [0, 0.05) is 23.7 Å². The number of hydrogen-bond acceptors (Lipinski definition) is 8. The van der Waals surface area contributed by atoms with Crippen LogP contribution in [0.15, 0.2) is 76.3 Å². The zero-order valence-electron chi connectivity index (χ0n) is 22.2. The summed E-state index contributed by atoms with van der Waals surface area (Å²) >= 11 is 1.22. The molecular formula is C29H39N5O3S. The lowest BCUT2D eigenvalue weighted by Crippen LogP contribution is -2.36. The van der Waals surface area contributed by atoms with Crippen molar-refractivity contribution in [3.05, 3.63) is 91.7 Å². The first kappa shape index (κ1) is 29.3. The summed E-state index contributed by atoms with van der Waals surface area (Å²) in [5, 5.41) is 14.2. The van der Waals surface area contributed by atoms with Crippen LogP contribution in [0.1, 0.15) is 48.0 Å². The molecule has 38 heavy (non-hydrogen) atoms. The van der Waals surface area contributed by atoms with Gasteiger partial charge in [-0.05, 0) is 100 Å². The van der Waals surface area contributed by atoms with Gasteiger partial charge < -0.3 is 21.1 Å². The number of nitrogens with one attached hydrogen (secondary N) is 3. The van der Waals surface area contributed by atoms with Crippen molar-refractivity contribution in [2.75, 3.05) is 26.7 Å². The number of nitrogens with zero attached hydrogens (tertiary/aromatic N) is 1. The van der Waals surface area contributed by atoms with Crippen molar-refractivity contribution >= 4 is 17.6 Å². The Hall–Kier alpha value is -3.27. The number of rotatable bonds is 9. The number of hydrogen-bond donors (Lipinski definition) is 4. The molecule has 2 unspecified atom stereocenters. The van der Waals surface area contributed by atoms with Gasteiger partial charge in [-0.2, -0.15) is 5.10 Å². The zero-order valence-corrected chi connectivity index (χ0v) is 23.1. The van der Waals surface area contributed by atoms with Crippen molar-refractivity contribution in [2.45, 2.75) is 45.1 Å². The maximum atomic E-state index is 11.1. The summed E-state index contributed by atoms with van der Waals surface area (Å²) in [5.41, 5.74) is 9.45. The quantitative estimate of drug-likeness (QED) is 0.358. The molecule has 204 valence electrons. The van der Waals surface area contributed by atoms with E-state index in [0.29, 0.717) is 24.1 Å². The van der Waals surface area contributed by atoms with E-state index in [2.05, 4.69) is 33.0 Å². The largest absolute Gasteiger partial charge is 0.489 e. The summed E-state index contributed by atoms with van der Waals surface area (Å²) < 4.78 is 5.79. The van der Waals surface area contributed by atoms with Crippen LogP contribution in [0.2, 0.25) is 0 Å². The third-order valence-electron chi connectivity index (χ3n) is 6.54. The summed E-state index contributed by atoms with van der Waals surface area (Å²) in [5.74, 6) is 1.41. The van der Waals surface area contributed by atoms with Crippen molar-refractivity contribution < 1.29 is 9.53 Å². The van der Waals surface area contributed by atoms with Crippen LogP contribution in [0.3, 0.4) is 0 Å². The van der Waals surface area contributed by atoms with E-state index >= 15 is 0 Å². The minimum Gasteiger partial charge on any atom is -0.489 e. The molecule has 0 bridgehead atoms. The minimum atomic E-state index is -0.0580. The van der Waals surface area contributed by atoms with E-state index in [0.717, 1.165) is 54.2 Å². The summed E-state index contributed by atoms with van der Waals surface area (Å²) in [6, 6.07) is 7.49. The van der Waals surface area contributed by atoms with Crippen LogP contribution >= 0.6 is 11.3 Å². The molecule has 1 fully saturated rings. The van der Waals surface area contributed by atoms with Crippen molar-refractivity contribution in [3.63, 3.8) is 0 Å². The fourth-order valence-corrected chi connectivity index (χ4v) is 5.21. The molecule has 1 aliphatic carbocycles. The first-order valence-corrected chi connectivity index (χ1v) is 13.9. The van der Waals surface area contributed by atoms with Gasteiger partial charge in [0.25, 0.3) is 0 Å². The average molecular weight is 538 g/mol. The predicted octanol–water partition coefficient (Wildman–Crippen LogP) is 3.90. The molecule has 1 aromatic heterocycles. The molecule has 5 N–H and O–H groups in total. The third kappa shape index (κ3) is 9.89. The molecule has 1 aliphatic heterocycles. The third-order valence-corrected chi connectivity index (χ3v) is 7.31. The van der Waals surface area contributed by atoms with E-state index in [1.807, 2.05) is 32.2 Å². The molecular weight excluding hydrogens is 498 g/mol. The van der Waals surface area contributed by atoms with Crippen LogP contribution in [-0.4, -0.2) is 49.3 Å². The summed E-state index contributed by atoms with van der Waals surface area (Å²) in [7, 11) is 2.00. The standard InChI is InChI=1S/C18H19NO2.C11H20N4OS/c1-14(19)11-17(16-5-3-2-4-6-16)13-21-18-9-7-15(12-20)8-10-18;1-12-9(7-10-14-15-11(16)17-10)8-3-2-5-13-6-4-8/h2-5,7-12H,6,13,19H2,1H3;8-9,12-13H,2-7H2,1H3,(H,15,16)/b14-11-,17-16+;. The van der Waals surface area contributed by atoms with Crippen LogP contribution in [0, 0.1) is 5.92 Å². The molecule has 4 rings (SSSR count). The lowest BCUT2D eigenvalue weighted by Gasteiger charge is -2.24. The molecule has 0 radical (unpaired) electrons. The Morgan fingerprint density at radius 3 is 2.71 bits per heavy atom. The van der Waals surface area contributed by atoms with Crippen molar-refractivity contribution in [3.8, 4) is 5.75 Å². The maximum absolute atomic E-state index is 11.1. The van der Waals surface area contributed by atoms with Crippen LogP contribution in [0.4, 0.5) is 0 Å². The lowest BCUT2D eigenvalue weighted by molar-refractivity contribution is 0.112. The monoisotopic (exact) mass is 537 g/mol. The second-order valence-corrected chi connectivity index (χ2v) is 10.5. The molecule has 2 aliphatic rings. The number of benzene rings is 1. The summed E-state index contributed by atoms with van der Waals surface area (Å²) in [4.78, 5) is 21.6. The highest BCUT2D eigenvalue weighted by molar-refractivity contribution is 7.08. The highest BCUT2D eigenvalue weighted by atomic mass is 32.1. The number of aldehydes is 1. The molecule has 1 saturated heterocycles. The van der Waals surface area contributed by atoms with Gasteiger partial charge in [-0.3, -0.25) is 9.59 Å². The van der Waals surface area contributed by atoms with Gasteiger partial charge in [0.1, 0.15) is 23.7 Å². The maximum Gasteiger partial charge on any atom is 0.322 e. The van der Waals surface area contributed by atoms with E-state index in [1.54, 1.807) is 24.3 Å². The SMILES string of the molecule is C/C(N)=C/C(COc1ccc(C=O)cc1)=C1/C=CC=CC1.CNC(Cc1n[nH]c(=O)s1)C1CCCNCC1. The zero-order chi connectivity index (χ0) is 27.2. The molecule has 9 heteroatoms. The predicted molar refractivity (Wildman–Crippen MR) is 155 cm³/mol. The number of allylic oxidation sites excluding steroid dienone is 6. The Bertz CT molecular complexity index is 1180. The van der Waals surface area contributed by atoms with Gasteiger partial charge in [0.2, 0.25) is 0 Å². The van der Waals surface area contributed by atoms with Crippen molar-refractivity contribution in [1.82, 2.24) is 20.8 Å². The minimum absolute atomic E-state index is 0.0580. The number of carbonyl (C=O) groups excluding carboxylic acids is 1. The van der Waals surface area contributed by atoms with E-state index in [1.165, 1.54) is 36.2 Å². The normalized spacial score (nSPS) is 19.6. The summed E-state index contributed by atoms with van der Waals surface area (Å²) in [6.45, 7) is 4.53. The molecule has 8 nitrogen and oxygen atoms in total. The van der Waals surface area contributed by atoms with Crippen LogP contribution in [0.5, 0.6) is 5.75 Å². The number of aromatic amines is 1. The van der Waals surface area contributed by atoms with Crippen LogP contribution in [-0.2, 0) is 6.42 Å². The van der Waals surface area contributed by atoms with Gasteiger partial charge in [0.15, 0.2) is 0 Å². The van der Waals surface area contributed by atoms with Gasteiger partial charge in [-0.25, -0.2) is 5.10 Å². The number of H-pyrrole nitrogens is 1. The number of carbonyl (C=O) groups is 1. The number of ether oxygens (including phenoxy) is 1. The number of likely N-dealkylation sites (N-methyl/N-ethyl adjacent to an activating group) is 1. The molecule has 2 aromatic rings. The van der Waals surface area contributed by atoms with E-state index in [4.69, 9.17) is 10.5 Å². The van der Waals surface area contributed by atoms with Gasteiger partial charge in [-0.15, -0.1) is 0 Å². The summed E-state index contributed by atoms with van der Waals surface area (Å²) in [6.07, 6.45) is 16.4. The Kier molecular flexibility index (Phi) is 12.2. The first-order chi connectivity index (χ1) is 18.5. The van der Waals surface area contributed by atoms with E-state index < -0.39 is 0 Å². The number of aromatic nitrogens is 2. The average Bonchev–Trinajstić information content (AvgIpc) is 3.17. The highest BCUT2D eigenvalue weighted by Crippen LogP contribution is 2.21. The molecule has 2 heterocycles. The van der Waals surface area contributed by atoms with E-state index in [9.17, 15) is 9.59 Å². The second-order valence-electron chi connectivity index (χ2n) is 9.45. The Balaban J connectivity index is 0.000000215. The van der Waals surface area contributed by atoms with E-state index in [-0.39, 0.29) is 4.87 Å². The van der Waals surface area contributed by atoms with Crippen LogP contribution < -0.4 is 26.0 Å². The highest BCUT2D eigenvalue weighted by Gasteiger charge is 2.22. The fraction of sp³-hybridized carbons (Fsp3) is 0.414. The molecule has 1 aromatic carbocycles. The van der Waals surface area contributed by atoms with Crippen LogP contribution in [0.25, 0.3) is 0 Å².